The predicted octanol–water partition coefficient (Wildman–Crippen LogP) is 4.35. The van der Waals surface area contributed by atoms with Gasteiger partial charge in [0.05, 0.1) is 0 Å². The van der Waals surface area contributed by atoms with Crippen molar-refractivity contribution >= 4 is 0 Å². The SMILES string of the molecule is CC1=C2C/C=C(\C)CC/C=C(\C)CC2CC1.O. The van der Waals surface area contributed by atoms with Crippen LogP contribution in [0, 0.1) is 5.92 Å². The Morgan fingerprint density at radius 1 is 1.00 bits per heavy atom. The summed E-state index contributed by atoms with van der Waals surface area (Å²) in [5.74, 6) is 0.846. The largest absolute Gasteiger partial charge is 0.412 e. The normalized spacial score (nSPS) is 31.8. The van der Waals surface area contributed by atoms with Crippen LogP contribution in [-0.2, 0) is 0 Å². The molecule has 2 rings (SSSR count). The van der Waals surface area contributed by atoms with Crippen molar-refractivity contribution in [3.63, 3.8) is 0 Å². The molecule has 0 aromatic heterocycles. The Balaban J connectivity index is 0.00000144. The van der Waals surface area contributed by atoms with Crippen LogP contribution in [0.25, 0.3) is 0 Å². The predicted molar refractivity (Wildman–Crippen MR) is 75.0 cm³/mol. The summed E-state index contributed by atoms with van der Waals surface area (Å²) in [5, 5.41) is 0. The molecule has 0 fully saturated rings. The van der Waals surface area contributed by atoms with Crippen LogP contribution in [-0.4, -0.2) is 5.48 Å². The summed E-state index contributed by atoms with van der Waals surface area (Å²) in [6.45, 7) is 6.93. The minimum Gasteiger partial charge on any atom is -0.412 e. The molecule has 0 saturated heterocycles. The molecule has 0 radical (unpaired) electrons. The van der Waals surface area contributed by atoms with E-state index in [0.29, 0.717) is 0 Å². The second kappa shape index (κ2) is 6.20. The van der Waals surface area contributed by atoms with Gasteiger partial charge in [-0.3, -0.25) is 0 Å². The first-order valence-corrected chi connectivity index (χ1v) is 6.66. The van der Waals surface area contributed by atoms with Crippen molar-refractivity contribution < 1.29 is 5.48 Å². The fourth-order valence-electron chi connectivity index (χ4n) is 3.04. The molecule has 2 aliphatic carbocycles. The first-order valence-electron chi connectivity index (χ1n) is 6.66. The van der Waals surface area contributed by atoms with Gasteiger partial charge < -0.3 is 5.48 Å². The first kappa shape index (κ1) is 14.2. The topological polar surface area (TPSA) is 31.5 Å². The average Bonchev–Trinajstić information content (AvgIpc) is 2.57. The number of hydrogen-bond acceptors (Lipinski definition) is 0. The molecule has 0 heterocycles. The van der Waals surface area contributed by atoms with Crippen LogP contribution in [0.1, 0.15) is 59.3 Å². The Morgan fingerprint density at radius 3 is 2.53 bits per heavy atom. The Morgan fingerprint density at radius 2 is 1.76 bits per heavy atom. The first-order chi connectivity index (χ1) is 7.66. The van der Waals surface area contributed by atoms with Crippen molar-refractivity contribution in [3.8, 4) is 0 Å². The van der Waals surface area contributed by atoms with Gasteiger partial charge in [0.25, 0.3) is 0 Å². The summed E-state index contributed by atoms with van der Waals surface area (Å²) < 4.78 is 0. The molecule has 2 N–H and O–H groups in total. The van der Waals surface area contributed by atoms with Crippen LogP contribution in [0.15, 0.2) is 34.4 Å². The lowest BCUT2D eigenvalue weighted by molar-refractivity contribution is 0.586. The van der Waals surface area contributed by atoms with Crippen LogP contribution in [0.4, 0.5) is 0 Å². The molecule has 0 saturated carbocycles. The quantitative estimate of drug-likeness (QED) is 0.558. The molecular formula is C16H26O. The lowest BCUT2D eigenvalue weighted by Gasteiger charge is -2.16. The third kappa shape index (κ3) is 3.57. The summed E-state index contributed by atoms with van der Waals surface area (Å²) in [4.78, 5) is 0. The summed E-state index contributed by atoms with van der Waals surface area (Å²) >= 11 is 0. The van der Waals surface area contributed by atoms with Gasteiger partial charge >= 0.3 is 0 Å². The fourth-order valence-corrected chi connectivity index (χ4v) is 3.04. The van der Waals surface area contributed by atoms with Gasteiger partial charge in [0, 0.05) is 0 Å². The van der Waals surface area contributed by atoms with E-state index in [0.717, 1.165) is 5.92 Å². The van der Waals surface area contributed by atoms with Crippen LogP contribution >= 0.6 is 0 Å². The van der Waals surface area contributed by atoms with Gasteiger partial charge in [-0.1, -0.05) is 34.4 Å². The molecule has 0 aliphatic heterocycles. The van der Waals surface area contributed by atoms with E-state index >= 15 is 0 Å². The van der Waals surface area contributed by atoms with Crippen molar-refractivity contribution in [2.45, 2.75) is 59.3 Å². The Labute approximate surface area is 106 Å². The molecule has 96 valence electrons. The zero-order chi connectivity index (χ0) is 11.5. The van der Waals surface area contributed by atoms with Crippen LogP contribution < -0.4 is 0 Å². The van der Waals surface area contributed by atoms with Gasteiger partial charge in [-0.25, -0.2) is 0 Å². The summed E-state index contributed by atoms with van der Waals surface area (Å²) in [6, 6.07) is 0. The van der Waals surface area contributed by atoms with E-state index in [2.05, 4.69) is 32.9 Å². The molecule has 1 atom stereocenters. The highest BCUT2D eigenvalue weighted by molar-refractivity contribution is 5.26. The maximum Gasteiger partial charge on any atom is -0.0131 e. The van der Waals surface area contributed by atoms with Crippen molar-refractivity contribution in [3.05, 3.63) is 34.4 Å². The van der Waals surface area contributed by atoms with Gasteiger partial charge in [-0.2, -0.15) is 0 Å². The van der Waals surface area contributed by atoms with E-state index in [1.807, 2.05) is 0 Å². The molecule has 0 aromatic rings. The second-order valence-electron chi connectivity index (χ2n) is 5.59. The highest BCUT2D eigenvalue weighted by Crippen LogP contribution is 2.38. The third-order valence-corrected chi connectivity index (χ3v) is 4.18. The minimum atomic E-state index is 0. The number of allylic oxidation sites excluding steroid dienone is 6. The number of hydrogen-bond donors (Lipinski definition) is 0. The van der Waals surface area contributed by atoms with Crippen LogP contribution in [0.5, 0.6) is 0 Å². The maximum absolute atomic E-state index is 2.46. The van der Waals surface area contributed by atoms with Crippen LogP contribution in [0.2, 0.25) is 0 Å². The summed E-state index contributed by atoms with van der Waals surface area (Å²) in [7, 11) is 0. The van der Waals surface area contributed by atoms with Gasteiger partial charge in [-0.15, -0.1) is 0 Å². The molecule has 1 unspecified atom stereocenters. The molecule has 1 heteroatoms. The number of fused-ring (bicyclic) bond motifs is 1. The molecule has 2 aliphatic rings. The van der Waals surface area contributed by atoms with E-state index in [1.165, 1.54) is 38.5 Å². The third-order valence-electron chi connectivity index (χ3n) is 4.18. The van der Waals surface area contributed by atoms with Crippen molar-refractivity contribution in [2.75, 3.05) is 0 Å². The van der Waals surface area contributed by atoms with Crippen molar-refractivity contribution in [2.24, 2.45) is 5.92 Å². The van der Waals surface area contributed by atoms with Gasteiger partial charge in [0.2, 0.25) is 0 Å². The fraction of sp³-hybridized carbons (Fsp3) is 0.625. The molecular weight excluding hydrogens is 208 g/mol. The minimum absolute atomic E-state index is 0. The Hall–Kier alpha value is -0.820. The second-order valence-corrected chi connectivity index (χ2v) is 5.59. The highest BCUT2D eigenvalue weighted by Gasteiger charge is 2.22. The Bertz CT molecular complexity index is 358. The van der Waals surface area contributed by atoms with E-state index in [4.69, 9.17) is 0 Å². The Kier molecular flexibility index (Phi) is 5.20. The van der Waals surface area contributed by atoms with E-state index in [1.54, 1.807) is 22.3 Å². The summed E-state index contributed by atoms with van der Waals surface area (Å²) in [6.07, 6.45) is 12.6. The van der Waals surface area contributed by atoms with Crippen LogP contribution in [0.3, 0.4) is 0 Å². The maximum atomic E-state index is 2.46. The molecule has 1 nitrogen and oxygen atoms in total. The van der Waals surface area contributed by atoms with Gasteiger partial charge in [0.15, 0.2) is 0 Å². The zero-order valence-corrected chi connectivity index (χ0v) is 11.5. The summed E-state index contributed by atoms with van der Waals surface area (Å²) in [5.41, 5.74) is 6.58. The van der Waals surface area contributed by atoms with E-state index < -0.39 is 0 Å². The standard InChI is InChI=1S/C16H24.H2O/c1-12-5-4-6-13(2)11-15-9-8-14(3)16(15)10-7-12;/h6-7,15H,4-5,8-11H2,1-3H3;1H2/b12-7+,13-6+;. The number of rotatable bonds is 0. The highest BCUT2D eigenvalue weighted by atomic mass is 16.0. The van der Waals surface area contributed by atoms with E-state index in [-0.39, 0.29) is 5.48 Å². The van der Waals surface area contributed by atoms with E-state index in [9.17, 15) is 0 Å². The molecule has 0 aromatic carbocycles. The molecule has 17 heavy (non-hydrogen) atoms. The van der Waals surface area contributed by atoms with Crippen molar-refractivity contribution in [1.29, 1.82) is 0 Å². The molecule has 0 spiro atoms. The van der Waals surface area contributed by atoms with Gasteiger partial charge in [0.1, 0.15) is 0 Å². The van der Waals surface area contributed by atoms with Crippen molar-refractivity contribution in [1.82, 2.24) is 0 Å². The molecule has 0 amide bonds. The lowest BCUT2D eigenvalue weighted by atomic mass is 9.89. The smallest absolute Gasteiger partial charge is 0.0131 e. The molecule has 0 bridgehead atoms. The van der Waals surface area contributed by atoms with Gasteiger partial charge in [-0.05, 0) is 65.2 Å². The average molecular weight is 234 g/mol. The lowest BCUT2D eigenvalue weighted by Crippen LogP contribution is -2.01. The zero-order valence-electron chi connectivity index (χ0n) is 11.5. The monoisotopic (exact) mass is 234 g/mol.